The number of benzene rings is 2. The second-order valence-electron chi connectivity index (χ2n) is 9.81. The first kappa shape index (κ1) is 25.0. The van der Waals surface area contributed by atoms with Gasteiger partial charge in [-0.2, -0.15) is 0 Å². The summed E-state index contributed by atoms with van der Waals surface area (Å²) < 4.78 is 0. The Kier molecular flexibility index (Phi) is 7.89. The molecular weight excluding hydrogens is 445 g/mol. The summed E-state index contributed by atoms with van der Waals surface area (Å²) in [5, 5.41) is 16.9. The zero-order valence-corrected chi connectivity index (χ0v) is 20.4. The molecule has 0 unspecified atom stereocenters. The Labute approximate surface area is 200 Å². The van der Waals surface area contributed by atoms with Crippen LogP contribution in [-0.4, -0.2) is 30.2 Å². The van der Waals surface area contributed by atoms with E-state index in [2.05, 4.69) is 31.4 Å². The number of hydrogen-bond acceptors (Lipinski definition) is 4. The van der Waals surface area contributed by atoms with E-state index in [1.165, 1.54) is 0 Å². The molecule has 1 heterocycles. The second kappa shape index (κ2) is 10.1. The van der Waals surface area contributed by atoms with E-state index in [1.54, 1.807) is 0 Å². The summed E-state index contributed by atoms with van der Waals surface area (Å²) in [6.07, 6.45) is 1.24. The number of halogens is 2. The molecule has 1 amide bonds. The van der Waals surface area contributed by atoms with Crippen LogP contribution in [0, 0.1) is 11.3 Å². The average molecular weight is 478 g/mol. The average Bonchev–Trinajstić information content (AvgIpc) is 3.01. The van der Waals surface area contributed by atoms with Crippen LogP contribution in [0.1, 0.15) is 50.8 Å². The van der Waals surface area contributed by atoms with Crippen molar-refractivity contribution in [3.05, 3.63) is 69.7 Å². The Balaban J connectivity index is 2.12. The van der Waals surface area contributed by atoms with E-state index in [9.17, 15) is 4.79 Å². The Morgan fingerprint density at radius 3 is 2.44 bits per heavy atom. The van der Waals surface area contributed by atoms with E-state index >= 15 is 0 Å². The van der Waals surface area contributed by atoms with Crippen LogP contribution in [0.25, 0.3) is 0 Å². The quantitative estimate of drug-likeness (QED) is 0.444. The highest BCUT2D eigenvalue weighted by atomic mass is 35.5. The summed E-state index contributed by atoms with van der Waals surface area (Å²) in [6, 6.07) is 14.3. The monoisotopic (exact) mass is 477 g/mol. The standard InChI is InChI=1S/C25H33Cl2N3O2/c1-24(2,3)15-20-21(23(32)29-12-5-13-31)30-22(16-6-4-7-19(27)14-16)25(20,28)17-8-10-18(26)11-9-17/h4,6-11,14,20-22,30-31H,5,12-13,15,28H2,1-3H3,(H,29,32)/t20-,21+,22+,25-/m0/s1. The third-order valence-electron chi connectivity index (χ3n) is 6.11. The van der Waals surface area contributed by atoms with Gasteiger partial charge in [-0.1, -0.05) is 68.2 Å². The Hall–Kier alpha value is -1.63. The van der Waals surface area contributed by atoms with Crippen LogP contribution in [0.3, 0.4) is 0 Å². The molecule has 7 heteroatoms. The van der Waals surface area contributed by atoms with E-state index in [-0.39, 0.29) is 29.9 Å². The summed E-state index contributed by atoms with van der Waals surface area (Å²) in [5.41, 5.74) is 8.24. The molecule has 0 spiro atoms. The van der Waals surface area contributed by atoms with Crippen molar-refractivity contribution in [2.24, 2.45) is 17.1 Å². The number of aliphatic hydroxyl groups excluding tert-OH is 1. The largest absolute Gasteiger partial charge is 0.396 e. The van der Waals surface area contributed by atoms with Gasteiger partial charge in [0, 0.05) is 29.1 Å². The van der Waals surface area contributed by atoms with Crippen LogP contribution in [0.2, 0.25) is 10.0 Å². The van der Waals surface area contributed by atoms with Crippen molar-refractivity contribution in [1.29, 1.82) is 0 Å². The number of nitrogens with two attached hydrogens (primary N) is 1. The summed E-state index contributed by atoms with van der Waals surface area (Å²) in [7, 11) is 0. The molecule has 5 nitrogen and oxygen atoms in total. The molecule has 3 rings (SSSR count). The highest BCUT2D eigenvalue weighted by Gasteiger charge is 2.56. The molecule has 0 bridgehead atoms. The number of hydrogen-bond donors (Lipinski definition) is 4. The van der Waals surface area contributed by atoms with Gasteiger partial charge in [-0.05, 0) is 53.6 Å². The summed E-state index contributed by atoms with van der Waals surface area (Å²) in [4.78, 5) is 13.3. The molecule has 4 atom stereocenters. The minimum absolute atomic E-state index is 0.0283. The molecule has 1 aliphatic heterocycles. The molecule has 174 valence electrons. The molecule has 5 N–H and O–H groups in total. The third kappa shape index (κ3) is 5.46. The van der Waals surface area contributed by atoms with Crippen LogP contribution in [0.15, 0.2) is 48.5 Å². The first-order chi connectivity index (χ1) is 15.1. The fourth-order valence-electron chi connectivity index (χ4n) is 4.71. The van der Waals surface area contributed by atoms with Crippen LogP contribution in [0.5, 0.6) is 0 Å². The van der Waals surface area contributed by atoms with Gasteiger partial charge in [0.05, 0.1) is 17.6 Å². The zero-order valence-electron chi connectivity index (χ0n) is 18.9. The normalized spacial score (nSPS) is 25.7. The van der Waals surface area contributed by atoms with Gasteiger partial charge in [0.1, 0.15) is 0 Å². The van der Waals surface area contributed by atoms with Gasteiger partial charge in [0.25, 0.3) is 0 Å². The lowest BCUT2D eigenvalue weighted by molar-refractivity contribution is -0.124. The van der Waals surface area contributed by atoms with Gasteiger partial charge in [0.15, 0.2) is 0 Å². The van der Waals surface area contributed by atoms with Crippen molar-refractivity contribution in [3.63, 3.8) is 0 Å². The van der Waals surface area contributed by atoms with Gasteiger partial charge in [0.2, 0.25) is 5.91 Å². The predicted octanol–water partition coefficient (Wildman–Crippen LogP) is 4.41. The maximum atomic E-state index is 13.3. The Bertz CT molecular complexity index is 930. The van der Waals surface area contributed by atoms with E-state index in [4.69, 9.17) is 34.0 Å². The maximum Gasteiger partial charge on any atom is 0.237 e. The van der Waals surface area contributed by atoms with E-state index < -0.39 is 11.6 Å². The Morgan fingerprint density at radius 2 is 1.84 bits per heavy atom. The molecule has 1 saturated heterocycles. The van der Waals surface area contributed by atoms with Crippen molar-refractivity contribution in [3.8, 4) is 0 Å². The molecule has 0 aliphatic carbocycles. The lowest BCUT2D eigenvalue weighted by Gasteiger charge is -2.40. The number of carbonyl (C=O) groups excluding carboxylic acids is 1. The number of aliphatic hydroxyl groups is 1. The SMILES string of the molecule is CC(C)(C)C[C@H]1[C@H](C(=O)NCCCO)N[C@H](c2cccc(Cl)c2)[C@]1(N)c1ccc(Cl)cc1. The Morgan fingerprint density at radius 1 is 1.16 bits per heavy atom. The smallest absolute Gasteiger partial charge is 0.237 e. The molecule has 0 aromatic heterocycles. The van der Waals surface area contributed by atoms with Crippen LogP contribution < -0.4 is 16.4 Å². The van der Waals surface area contributed by atoms with E-state index in [0.717, 1.165) is 17.5 Å². The van der Waals surface area contributed by atoms with Crippen molar-refractivity contribution >= 4 is 29.1 Å². The van der Waals surface area contributed by atoms with Crippen LogP contribution in [0.4, 0.5) is 0 Å². The molecule has 0 radical (unpaired) electrons. The van der Waals surface area contributed by atoms with Crippen molar-refractivity contribution < 1.29 is 9.90 Å². The topological polar surface area (TPSA) is 87.4 Å². The number of carbonyl (C=O) groups is 1. The lowest BCUT2D eigenvalue weighted by Crippen LogP contribution is -2.50. The maximum absolute atomic E-state index is 13.3. The number of amides is 1. The molecule has 2 aromatic carbocycles. The number of rotatable bonds is 7. The summed E-state index contributed by atoms with van der Waals surface area (Å²) in [5.74, 6) is -0.303. The third-order valence-corrected chi connectivity index (χ3v) is 6.60. The van der Waals surface area contributed by atoms with Crippen molar-refractivity contribution in [2.45, 2.75) is 51.2 Å². The van der Waals surface area contributed by atoms with Gasteiger partial charge < -0.3 is 16.2 Å². The highest BCUT2D eigenvalue weighted by molar-refractivity contribution is 6.30. The van der Waals surface area contributed by atoms with Crippen molar-refractivity contribution in [1.82, 2.24) is 10.6 Å². The minimum atomic E-state index is -0.873. The molecule has 0 saturated carbocycles. The fraction of sp³-hybridized carbons (Fsp3) is 0.480. The predicted molar refractivity (Wildman–Crippen MR) is 131 cm³/mol. The minimum Gasteiger partial charge on any atom is -0.396 e. The van der Waals surface area contributed by atoms with E-state index in [0.29, 0.717) is 23.0 Å². The summed E-state index contributed by atoms with van der Waals surface area (Å²) in [6.45, 7) is 6.91. The molecular formula is C25H33Cl2N3O2. The number of nitrogens with one attached hydrogen (secondary N) is 2. The molecule has 1 aliphatic rings. The molecule has 1 fully saturated rings. The van der Waals surface area contributed by atoms with Gasteiger partial charge in [-0.3, -0.25) is 10.1 Å². The van der Waals surface area contributed by atoms with Gasteiger partial charge in [-0.25, -0.2) is 0 Å². The first-order valence-corrected chi connectivity index (χ1v) is 11.8. The first-order valence-electron chi connectivity index (χ1n) is 11.0. The van der Waals surface area contributed by atoms with Gasteiger partial charge >= 0.3 is 0 Å². The second-order valence-corrected chi connectivity index (χ2v) is 10.7. The molecule has 32 heavy (non-hydrogen) atoms. The summed E-state index contributed by atoms with van der Waals surface area (Å²) >= 11 is 12.5. The van der Waals surface area contributed by atoms with Gasteiger partial charge in [-0.15, -0.1) is 0 Å². The molecule has 2 aromatic rings. The van der Waals surface area contributed by atoms with Crippen LogP contribution in [-0.2, 0) is 10.3 Å². The fourth-order valence-corrected chi connectivity index (χ4v) is 5.03. The van der Waals surface area contributed by atoms with E-state index in [1.807, 2.05) is 48.5 Å². The highest BCUT2D eigenvalue weighted by Crippen LogP contribution is 2.50. The van der Waals surface area contributed by atoms with Crippen LogP contribution >= 0.6 is 23.2 Å². The van der Waals surface area contributed by atoms with Crippen molar-refractivity contribution in [2.75, 3.05) is 13.2 Å². The lowest BCUT2D eigenvalue weighted by atomic mass is 9.67. The zero-order chi connectivity index (χ0) is 23.5.